The van der Waals surface area contributed by atoms with Gasteiger partial charge in [-0.1, -0.05) is 0 Å². The molecule has 1 atom stereocenters. The number of aromatic nitrogens is 2. The van der Waals surface area contributed by atoms with Gasteiger partial charge in [-0.3, -0.25) is 0 Å². The van der Waals surface area contributed by atoms with E-state index in [1.54, 1.807) is 20.8 Å². The number of amides is 1. The van der Waals surface area contributed by atoms with E-state index in [4.69, 9.17) is 0 Å². The molecule has 0 spiro atoms. The van der Waals surface area contributed by atoms with Crippen LogP contribution in [-0.2, 0) is 23.0 Å². The number of hydrogen-bond acceptors (Lipinski definition) is 5. The molecule has 1 aromatic heterocycles. The molecule has 0 radical (unpaired) electrons. The Morgan fingerprint density at radius 1 is 1.40 bits per heavy atom. The monoisotopic (exact) mass is 385 g/mol. The van der Waals surface area contributed by atoms with Gasteiger partial charge in [0.1, 0.15) is 0 Å². The average Bonchev–Trinajstić information content (AvgIpc) is 2.66. The molecule has 0 fully saturated rings. The van der Waals surface area contributed by atoms with Crippen molar-refractivity contribution in [2.24, 2.45) is 0 Å². The van der Waals surface area contributed by atoms with Crippen molar-refractivity contribution in [3.63, 3.8) is 0 Å². The first kappa shape index (κ1) is 19.3. The summed E-state index contributed by atoms with van der Waals surface area (Å²) in [5.74, 6) is -0.512. The maximum Gasteiger partial charge on any atom is 0.534 e. The lowest BCUT2D eigenvalue weighted by molar-refractivity contribution is -0.0503. The normalized spacial score (nSPS) is 18.8. The van der Waals surface area contributed by atoms with Gasteiger partial charge in [-0.25, -0.2) is 9.48 Å². The fraction of sp³-hybridized carbons (Fsp3) is 0.692. The van der Waals surface area contributed by atoms with Crippen molar-refractivity contribution >= 4 is 16.2 Å². The second-order valence-electron chi connectivity index (χ2n) is 6.03. The second-order valence-corrected chi connectivity index (χ2v) is 7.57. The Bertz CT molecular complexity index is 773. The van der Waals surface area contributed by atoms with Crippen LogP contribution in [0.1, 0.15) is 38.1 Å². The molecule has 0 aromatic carbocycles. The highest BCUT2D eigenvalue weighted by molar-refractivity contribution is 7.87. The van der Waals surface area contributed by atoms with Gasteiger partial charge >= 0.3 is 21.7 Å². The minimum Gasteiger partial charge on any atom is -0.465 e. The van der Waals surface area contributed by atoms with E-state index in [0.29, 0.717) is 5.69 Å². The Balaban J connectivity index is 2.50. The van der Waals surface area contributed by atoms with Crippen LogP contribution in [0.15, 0.2) is 0 Å². The molecule has 1 aliphatic rings. The number of rotatable bonds is 3. The molecule has 2 heterocycles. The minimum absolute atomic E-state index is 0.00139. The van der Waals surface area contributed by atoms with Crippen LogP contribution in [0.3, 0.4) is 0 Å². The van der Waals surface area contributed by atoms with Crippen molar-refractivity contribution in [3.8, 4) is 5.88 Å². The predicted molar refractivity (Wildman–Crippen MR) is 79.8 cm³/mol. The number of halogens is 3. The van der Waals surface area contributed by atoms with Crippen molar-refractivity contribution in [3.05, 3.63) is 11.3 Å². The van der Waals surface area contributed by atoms with Crippen LogP contribution < -0.4 is 4.18 Å². The van der Waals surface area contributed by atoms with Crippen LogP contribution in [-0.4, -0.2) is 52.4 Å². The number of hydrogen-bond donors (Lipinski definition) is 1. The smallest absolute Gasteiger partial charge is 0.465 e. The number of carbonyl (C=O) groups is 1. The van der Waals surface area contributed by atoms with E-state index in [9.17, 15) is 31.5 Å². The first-order chi connectivity index (χ1) is 11.3. The summed E-state index contributed by atoms with van der Waals surface area (Å²) in [6.45, 7) is 4.87. The summed E-state index contributed by atoms with van der Waals surface area (Å²) in [6, 6.07) is -0.905. The molecule has 142 valence electrons. The predicted octanol–water partition coefficient (Wildman–Crippen LogP) is 2.16. The van der Waals surface area contributed by atoms with E-state index in [0.717, 1.165) is 9.58 Å². The summed E-state index contributed by atoms with van der Waals surface area (Å²) in [5.41, 5.74) is -5.06. The summed E-state index contributed by atoms with van der Waals surface area (Å²) >= 11 is 0. The van der Waals surface area contributed by atoms with Crippen molar-refractivity contribution in [1.29, 1.82) is 0 Å². The minimum atomic E-state index is -5.86. The zero-order chi connectivity index (χ0) is 19.2. The molecule has 8 nitrogen and oxygen atoms in total. The van der Waals surface area contributed by atoms with Gasteiger partial charge in [-0.15, -0.1) is 0 Å². The number of alkyl halides is 3. The lowest BCUT2D eigenvalue weighted by Gasteiger charge is -2.23. The van der Waals surface area contributed by atoms with Crippen LogP contribution in [0.2, 0.25) is 0 Å². The fourth-order valence-corrected chi connectivity index (χ4v) is 3.11. The third-order valence-electron chi connectivity index (χ3n) is 3.87. The molecule has 1 unspecified atom stereocenters. The van der Waals surface area contributed by atoms with Crippen molar-refractivity contribution < 1.29 is 35.7 Å². The molecule has 1 amide bonds. The summed E-state index contributed by atoms with van der Waals surface area (Å²) < 4.78 is 66.3. The van der Waals surface area contributed by atoms with Gasteiger partial charge in [0.15, 0.2) is 0 Å². The van der Waals surface area contributed by atoms with E-state index < -0.39 is 39.7 Å². The summed E-state index contributed by atoms with van der Waals surface area (Å²) in [5, 5.41) is 13.3. The first-order valence-corrected chi connectivity index (χ1v) is 8.86. The number of carboxylic acid groups (broad SMARTS) is 1. The van der Waals surface area contributed by atoms with Crippen LogP contribution in [0, 0.1) is 0 Å². The highest BCUT2D eigenvalue weighted by Gasteiger charge is 2.49. The molecule has 0 saturated carbocycles. The zero-order valence-electron chi connectivity index (χ0n) is 13.7. The SMILES string of the molecule is CC1Cc2nn(C(C)C)c(OS(=O)(=O)C(F)(F)F)c2CCN1C(=O)O. The van der Waals surface area contributed by atoms with Gasteiger partial charge in [0.25, 0.3) is 0 Å². The molecule has 1 aliphatic heterocycles. The van der Waals surface area contributed by atoms with E-state index in [1.807, 2.05) is 0 Å². The van der Waals surface area contributed by atoms with Crippen LogP contribution >= 0.6 is 0 Å². The maximum absolute atomic E-state index is 12.7. The third-order valence-corrected chi connectivity index (χ3v) is 4.82. The van der Waals surface area contributed by atoms with Crippen molar-refractivity contribution in [1.82, 2.24) is 14.7 Å². The Kier molecular flexibility index (Phi) is 4.94. The van der Waals surface area contributed by atoms with Crippen molar-refractivity contribution in [2.75, 3.05) is 6.54 Å². The molecular formula is C13H18F3N3O5S. The quantitative estimate of drug-likeness (QED) is 0.632. The Labute approximate surface area is 142 Å². The number of fused-ring (bicyclic) bond motifs is 1. The van der Waals surface area contributed by atoms with Gasteiger partial charge < -0.3 is 14.2 Å². The van der Waals surface area contributed by atoms with Crippen LogP contribution in [0.25, 0.3) is 0 Å². The second kappa shape index (κ2) is 6.39. The van der Waals surface area contributed by atoms with E-state index in [2.05, 4.69) is 9.28 Å². The van der Waals surface area contributed by atoms with E-state index in [1.165, 1.54) is 0 Å². The Hall–Kier alpha value is -1.98. The first-order valence-electron chi connectivity index (χ1n) is 7.45. The molecule has 2 rings (SSSR count). The Morgan fingerprint density at radius 2 is 2.00 bits per heavy atom. The molecule has 0 aliphatic carbocycles. The molecule has 1 aromatic rings. The molecule has 0 bridgehead atoms. The molecule has 1 N–H and O–H groups in total. The molecule has 25 heavy (non-hydrogen) atoms. The van der Waals surface area contributed by atoms with Crippen LogP contribution in [0.4, 0.5) is 18.0 Å². The molecule has 12 heteroatoms. The summed E-state index contributed by atoms with van der Waals surface area (Å²) in [6.07, 6.45) is -1.02. The van der Waals surface area contributed by atoms with Gasteiger partial charge in [0, 0.05) is 24.6 Å². The largest absolute Gasteiger partial charge is 0.534 e. The standard InChI is InChI=1S/C13H18F3N3O5S/c1-7(2)19-11(24-25(22,23)13(14,15)16)9-4-5-18(12(20)21)8(3)6-10(9)17-19/h7-8H,4-6H2,1-3H3,(H,20,21). The highest BCUT2D eigenvalue weighted by atomic mass is 32.2. The summed E-state index contributed by atoms with van der Waals surface area (Å²) in [4.78, 5) is 12.4. The third kappa shape index (κ3) is 3.67. The molecule has 0 saturated heterocycles. The van der Waals surface area contributed by atoms with Gasteiger partial charge in [0.2, 0.25) is 5.88 Å². The molecular weight excluding hydrogens is 367 g/mol. The van der Waals surface area contributed by atoms with Crippen molar-refractivity contribution in [2.45, 2.75) is 51.2 Å². The van der Waals surface area contributed by atoms with Crippen LogP contribution in [0.5, 0.6) is 5.88 Å². The Morgan fingerprint density at radius 3 is 2.48 bits per heavy atom. The lowest BCUT2D eigenvalue weighted by atomic mass is 10.1. The summed E-state index contributed by atoms with van der Waals surface area (Å²) in [7, 11) is -5.86. The van der Waals surface area contributed by atoms with Gasteiger partial charge in [-0.05, 0) is 27.2 Å². The lowest BCUT2D eigenvalue weighted by Crippen LogP contribution is -2.39. The topological polar surface area (TPSA) is 102 Å². The maximum atomic E-state index is 12.7. The van der Waals surface area contributed by atoms with Gasteiger partial charge in [-0.2, -0.15) is 26.7 Å². The van der Waals surface area contributed by atoms with E-state index >= 15 is 0 Å². The average molecular weight is 385 g/mol. The van der Waals surface area contributed by atoms with Gasteiger partial charge in [0.05, 0.1) is 11.7 Å². The zero-order valence-corrected chi connectivity index (χ0v) is 14.6. The fourth-order valence-electron chi connectivity index (χ4n) is 2.63. The highest BCUT2D eigenvalue weighted by Crippen LogP contribution is 2.34. The number of nitrogens with zero attached hydrogens (tertiary/aromatic N) is 3. The van der Waals surface area contributed by atoms with E-state index in [-0.39, 0.29) is 24.9 Å².